The van der Waals surface area contributed by atoms with E-state index in [1.165, 1.54) is 12.3 Å². The minimum Gasteiger partial charge on any atom is -0.478 e. The third-order valence-electron chi connectivity index (χ3n) is 2.03. The lowest BCUT2D eigenvalue weighted by molar-refractivity contribution is 0.0696. The van der Waals surface area contributed by atoms with Crippen LogP contribution in [0.5, 0.6) is 0 Å². The van der Waals surface area contributed by atoms with Crippen LogP contribution in [0.1, 0.15) is 16.8 Å². The molecule has 0 fully saturated rings. The Morgan fingerprint density at radius 1 is 1.53 bits per heavy atom. The molecule has 92 valence electrons. The highest BCUT2D eigenvalue weighted by molar-refractivity contribution is 5.87. The molecule has 1 aromatic heterocycles. The van der Waals surface area contributed by atoms with Crippen LogP contribution >= 0.6 is 0 Å². The Labute approximate surface area is 100 Å². The lowest BCUT2D eigenvalue weighted by Gasteiger charge is -2.06. The summed E-state index contributed by atoms with van der Waals surface area (Å²) in [5.74, 6) is -0.334. The Hall–Kier alpha value is -1.88. The van der Waals surface area contributed by atoms with Gasteiger partial charge in [0.1, 0.15) is 5.82 Å². The Balaban J connectivity index is 2.23. The van der Waals surface area contributed by atoms with Gasteiger partial charge in [0.25, 0.3) is 0 Å². The Morgan fingerprint density at radius 2 is 2.35 bits per heavy atom. The summed E-state index contributed by atoms with van der Waals surface area (Å²) >= 11 is 0. The average Bonchev–Trinajstić information content (AvgIpc) is 2.34. The molecule has 1 heterocycles. The van der Waals surface area contributed by atoms with Crippen molar-refractivity contribution < 1.29 is 14.6 Å². The van der Waals surface area contributed by atoms with E-state index in [2.05, 4.69) is 16.9 Å². The van der Waals surface area contributed by atoms with Gasteiger partial charge in [-0.2, -0.15) is 0 Å². The smallest absolute Gasteiger partial charge is 0.337 e. The van der Waals surface area contributed by atoms with Crippen molar-refractivity contribution in [2.45, 2.75) is 6.42 Å². The number of aromatic nitrogens is 1. The number of aromatic carboxylic acids is 1. The Kier molecular flexibility index (Phi) is 5.74. The monoisotopic (exact) mass is 236 g/mol. The molecule has 17 heavy (non-hydrogen) atoms. The van der Waals surface area contributed by atoms with Gasteiger partial charge in [-0.3, -0.25) is 0 Å². The molecule has 5 heteroatoms. The van der Waals surface area contributed by atoms with Crippen LogP contribution in [0.4, 0.5) is 5.82 Å². The fraction of sp³-hybridized carbons (Fsp3) is 0.333. The van der Waals surface area contributed by atoms with Gasteiger partial charge in [-0.1, -0.05) is 6.08 Å². The third kappa shape index (κ3) is 5.12. The van der Waals surface area contributed by atoms with Crippen molar-refractivity contribution in [2.75, 3.05) is 25.1 Å². The number of hydrogen-bond acceptors (Lipinski definition) is 4. The van der Waals surface area contributed by atoms with Crippen molar-refractivity contribution in [3.63, 3.8) is 0 Å². The molecule has 1 aromatic rings. The van der Waals surface area contributed by atoms with Crippen LogP contribution in [0.2, 0.25) is 0 Å². The van der Waals surface area contributed by atoms with Gasteiger partial charge in [-0.15, -0.1) is 6.58 Å². The fourth-order valence-electron chi connectivity index (χ4n) is 1.14. The molecule has 0 aliphatic carbocycles. The standard InChI is InChI=1S/C12H16N2O3/c1-2-3-7-17-8-6-13-11-5-4-10(9-14-11)12(15)16/h2,4-5,9H,1,3,6-8H2,(H,13,14)(H,15,16). The second-order valence-corrected chi connectivity index (χ2v) is 3.35. The van der Waals surface area contributed by atoms with Crippen LogP contribution in [0.25, 0.3) is 0 Å². The van der Waals surface area contributed by atoms with Gasteiger partial charge >= 0.3 is 5.97 Å². The molecule has 0 saturated heterocycles. The lowest BCUT2D eigenvalue weighted by atomic mass is 10.3. The predicted molar refractivity (Wildman–Crippen MR) is 65.3 cm³/mol. The number of hydrogen-bond donors (Lipinski definition) is 2. The van der Waals surface area contributed by atoms with Crippen LogP contribution in [0.3, 0.4) is 0 Å². The number of ether oxygens (including phenoxy) is 1. The maximum absolute atomic E-state index is 10.6. The zero-order valence-corrected chi connectivity index (χ0v) is 9.56. The number of rotatable bonds is 8. The minimum absolute atomic E-state index is 0.179. The van der Waals surface area contributed by atoms with Gasteiger partial charge < -0.3 is 15.2 Å². The summed E-state index contributed by atoms with van der Waals surface area (Å²) in [6.07, 6.45) is 3.97. The maximum Gasteiger partial charge on any atom is 0.337 e. The average molecular weight is 236 g/mol. The van der Waals surface area contributed by atoms with Crippen molar-refractivity contribution >= 4 is 11.8 Å². The van der Waals surface area contributed by atoms with Crippen LogP contribution in [0.15, 0.2) is 31.0 Å². The quantitative estimate of drug-likeness (QED) is 0.532. The van der Waals surface area contributed by atoms with Crippen LogP contribution in [0, 0.1) is 0 Å². The molecule has 0 spiro atoms. The zero-order valence-electron chi connectivity index (χ0n) is 9.56. The highest BCUT2D eigenvalue weighted by atomic mass is 16.5. The Bertz CT molecular complexity index is 363. The van der Waals surface area contributed by atoms with Crippen LogP contribution in [-0.4, -0.2) is 35.8 Å². The number of carboxylic acid groups (broad SMARTS) is 1. The topological polar surface area (TPSA) is 71.5 Å². The van der Waals surface area contributed by atoms with E-state index >= 15 is 0 Å². The SMILES string of the molecule is C=CCCOCCNc1ccc(C(=O)O)cn1. The molecule has 0 atom stereocenters. The van der Waals surface area contributed by atoms with E-state index in [0.717, 1.165) is 6.42 Å². The molecular formula is C12H16N2O3. The largest absolute Gasteiger partial charge is 0.478 e. The van der Waals surface area contributed by atoms with Gasteiger partial charge in [-0.05, 0) is 18.6 Å². The van der Waals surface area contributed by atoms with Gasteiger partial charge in [0, 0.05) is 12.7 Å². The summed E-state index contributed by atoms with van der Waals surface area (Å²) in [6, 6.07) is 3.14. The first-order valence-electron chi connectivity index (χ1n) is 5.36. The molecule has 0 bridgehead atoms. The maximum atomic E-state index is 10.6. The number of nitrogens with one attached hydrogen (secondary N) is 1. The second kappa shape index (κ2) is 7.40. The van der Waals surface area contributed by atoms with Crippen molar-refractivity contribution in [1.82, 2.24) is 4.98 Å². The van der Waals surface area contributed by atoms with Gasteiger partial charge in [0.2, 0.25) is 0 Å². The number of anilines is 1. The first-order chi connectivity index (χ1) is 8.24. The molecule has 2 N–H and O–H groups in total. The van der Waals surface area contributed by atoms with Gasteiger partial charge in [-0.25, -0.2) is 9.78 Å². The first kappa shape index (κ1) is 13.2. The summed E-state index contributed by atoms with van der Waals surface area (Å²) in [7, 11) is 0. The van der Waals surface area contributed by atoms with Crippen LogP contribution < -0.4 is 5.32 Å². The summed E-state index contributed by atoms with van der Waals surface area (Å²) in [5.41, 5.74) is 0.179. The van der Waals surface area contributed by atoms with E-state index in [-0.39, 0.29) is 5.56 Å². The number of carbonyl (C=O) groups is 1. The molecule has 5 nitrogen and oxygen atoms in total. The predicted octanol–water partition coefficient (Wildman–Crippen LogP) is 1.78. The molecular weight excluding hydrogens is 220 g/mol. The van der Waals surface area contributed by atoms with E-state index < -0.39 is 5.97 Å². The fourth-order valence-corrected chi connectivity index (χ4v) is 1.14. The molecule has 0 saturated carbocycles. The molecule has 0 aliphatic heterocycles. The van der Waals surface area contributed by atoms with E-state index in [1.807, 2.05) is 0 Å². The first-order valence-corrected chi connectivity index (χ1v) is 5.36. The van der Waals surface area contributed by atoms with E-state index in [9.17, 15) is 4.79 Å². The highest BCUT2D eigenvalue weighted by Crippen LogP contribution is 2.04. The van der Waals surface area contributed by atoms with Crippen molar-refractivity contribution in [3.05, 3.63) is 36.5 Å². The molecule has 1 rings (SSSR count). The van der Waals surface area contributed by atoms with Crippen molar-refractivity contribution in [2.24, 2.45) is 0 Å². The van der Waals surface area contributed by atoms with Gasteiger partial charge in [0.15, 0.2) is 0 Å². The molecule has 0 aliphatic rings. The molecule has 0 amide bonds. The van der Waals surface area contributed by atoms with E-state index in [0.29, 0.717) is 25.6 Å². The third-order valence-corrected chi connectivity index (χ3v) is 2.03. The number of carboxylic acids is 1. The Morgan fingerprint density at radius 3 is 2.94 bits per heavy atom. The highest BCUT2D eigenvalue weighted by Gasteiger charge is 2.02. The summed E-state index contributed by atoms with van der Waals surface area (Å²) in [4.78, 5) is 14.6. The summed E-state index contributed by atoms with van der Waals surface area (Å²) < 4.78 is 5.30. The van der Waals surface area contributed by atoms with Gasteiger partial charge in [0.05, 0.1) is 18.8 Å². The minimum atomic E-state index is -0.975. The van der Waals surface area contributed by atoms with E-state index in [1.54, 1.807) is 12.1 Å². The second-order valence-electron chi connectivity index (χ2n) is 3.35. The zero-order chi connectivity index (χ0) is 12.5. The summed E-state index contributed by atoms with van der Waals surface area (Å²) in [6.45, 7) is 5.47. The van der Waals surface area contributed by atoms with Crippen molar-refractivity contribution in [3.8, 4) is 0 Å². The van der Waals surface area contributed by atoms with E-state index in [4.69, 9.17) is 9.84 Å². The molecule has 0 radical (unpaired) electrons. The lowest BCUT2D eigenvalue weighted by Crippen LogP contribution is -2.11. The molecule has 0 unspecified atom stereocenters. The van der Waals surface area contributed by atoms with Crippen molar-refractivity contribution in [1.29, 1.82) is 0 Å². The normalized spacial score (nSPS) is 9.88. The summed E-state index contributed by atoms with van der Waals surface area (Å²) in [5, 5.41) is 11.7. The molecule has 0 aromatic carbocycles. The van der Waals surface area contributed by atoms with Crippen LogP contribution in [-0.2, 0) is 4.74 Å². The number of pyridine rings is 1. The number of nitrogens with zero attached hydrogens (tertiary/aromatic N) is 1.